The molecule has 0 aliphatic carbocycles. The molecule has 1 aromatic rings. The number of piperidine rings is 1. The minimum atomic E-state index is 0. The van der Waals surface area contributed by atoms with Gasteiger partial charge >= 0.3 is 0 Å². The molecule has 0 saturated carbocycles. The standard InChI is InChI=1S/C16H22N2O.ClH/c1-12-8-10-18(15-7-3-2-6-14(12)15)16(19)13-5-4-9-17-11-13;/h2-3,6-7,12-13,17H,4-5,8-11H2,1H3;1H. The van der Waals surface area contributed by atoms with Gasteiger partial charge in [-0.3, -0.25) is 4.79 Å². The van der Waals surface area contributed by atoms with Gasteiger partial charge < -0.3 is 10.2 Å². The molecule has 1 saturated heterocycles. The first-order chi connectivity index (χ1) is 9.27. The Morgan fingerprint density at radius 3 is 2.85 bits per heavy atom. The summed E-state index contributed by atoms with van der Waals surface area (Å²) in [6.07, 6.45) is 3.21. The van der Waals surface area contributed by atoms with Crippen LogP contribution in [0.2, 0.25) is 0 Å². The Balaban J connectivity index is 0.00000147. The van der Waals surface area contributed by atoms with Crippen molar-refractivity contribution in [2.45, 2.75) is 32.1 Å². The summed E-state index contributed by atoms with van der Waals surface area (Å²) < 4.78 is 0. The first-order valence-corrected chi connectivity index (χ1v) is 7.38. The van der Waals surface area contributed by atoms with Crippen molar-refractivity contribution in [3.63, 3.8) is 0 Å². The van der Waals surface area contributed by atoms with E-state index in [0.717, 1.165) is 44.6 Å². The molecule has 1 aromatic carbocycles. The third-order valence-corrected chi connectivity index (χ3v) is 4.46. The zero-order valence-corrected chi connectivity index (χ0v) is 12.8. The quantitative estimate of drug-likeness (QED) is 0.864. The smallest absolute Gasteiger partial charge is 0.231 e. The molecule has 0 radical (unpaired) electrons. The van der Waals surface area contributed by atoms with E-state index in [1.807, 2.05) is 11.0 Å². The lowest BCUT2D eigenvalue weighted by atomic mass is 9.89. The predicted molar refractivity (Wildman–Crippen MR) is 84.7 cm³/mol. The fourth-order valence-electron chi connectivity index (χ4n) is 3.26. The van der Waals surface area contributed by atoms with Gasteiger partial charge in [0.1, 0.15) is 0 Å². The van der Waals surface area contributed by atoms with Crippen LogP contribution in [-0.2, 0) is 4.79 Å². The third-order valence-electron chi connectivity index (χ3n) is 4.46. The average Bonchev–Trinajstić information content (AvgIpc) is 2.48. The molecule has 2 atom stereocenters. The number of carbonyl (C=O) groups is 1. The van der Waals surface area contributed by atoms with Gasteiger partial charge in [-0.05, 0) is 43.4 Å². The van der Waals surface area contributed by atoms with Gasteiger partial charge in [0, 0.05) is 18.8 Å². The highest BCUT2D eigenvalue weighted by atomic mass is 35.5. The number of hydrogen-bond acceptors (Lipinski definition) is 2. The number of benzene rings is 1. The Morgan fingerprint density at radius 2 is 2.10 bits per heavy atom. The number of fused-ring (bicyclic) bond motifs is 1. The van der Waals surface area contributed by atoms with E-state index in [-0.39, 0.29) is 18.3 Å². The number of anilines is 1. The molecule has 3 nitrogen and oxygen atoms in total. The van der Waals surface area contributed by atoms with Crippen LogP contribution in [0.5, 0.6) is 0 Å². The Morgan fingerprint density at radius 1 is 1.30 bits per heavy atom. The largest absolute Gasteiger partial charge is 0.316 e. The summed E-state index contributed by atoms with van der Waals surface area (Å²) in [5.41, 5.74) is 2.46. The highest BCUT2D eigenvalue weighted by Gasteiger charge is 2.31. The van der Waals surface area contributed by atoms with E-state index < -0.39 is 0 Å². The second-order valence-corrected chi connectivity index (χ2v) is 5.78. The van der Waals surface area contributed by atoms with Gasteiger partial charge in [0.05, 0.1) is 5.92 Å². The van der Waals surface area contributed by atoms with E-state index in [0.29, 0.717) is 11.8 Å². The average molecular weight is 295 g/mol. The van der Waals surface area contributed by atoms with Crippen molar-refractivity contribution in [3.8, 4) is 0 Å². The second kappa shape index (κ2) is 6.59. The summed E-state index contributed by atoms with van der Waals surface area (Å²) >= 11 is 0. The fraction of sp³-hybridized carbons (Fsp3) is 0.562. The number of para-hydroxylation sites is 1. The summed E-state index contributed by atoms with van der Waals surface area (Å²) in [4.78, 5) is 14.7. The maximum absolute atomic E-state index is 12.7. The van der Waals surface area contributed by atoms with Gasteiger partial charge in [0.2, 0.25) is 5.91 Å². The molecule has 4 heteroatoms. The molecule has 0 spiro atoms. The van der Waals surface area contributed by atoms with Crippen LogP contribution in [0.4, 0.5) is 5.69 Å². The van der Waals surface area contributed by atoms with E-state index in [1.165, 1.54) is 5.56 Å². The molecule has 1 fully saturated rings. The lowest BCUT2D eigenvalue weighted by molar-refractivity contribution is -0.123. The van der Waals surface area contributed by atoms with Crippen molar-refractivity contribution in [1.82, 2.24) is 5.32 Å². The van der Waals surface area contributed by atoms with Crippen LogP contribution in [0, 0.1) is 5.92 Å². The minimum Gasteiger partial charge on any atom is -0.316 e. The SMILES string of the molecule is CC1CCN(C(=O)C2CCCNC2)c2ccccc21.Cl. The van der Waals surface area contributed by atoms with Gasteiger partial charge in [0.15, 0.2) is 0 Å². The first-order valence-electron chi connectivity index (χ1n) is 7.38. The molecule has 2 aliphatic heterocycles. The van der Waals surface area contributed by atoms with Crippen LogP contribution < -0.4 is 10.2 Å². The third kappa shape index (κ3) is 2.84. The maximum Gasteiger partial charge on any atom is 0.231 e. The zero-order valence-electron chi connectivity index (χ0n) is 12.0. The minimum absolute atomic E-state index is 0. The van der Waals surface area contributed by atoms with Crippen LogP contribution >= 0.6 is 12.4 Å². The monoisotopic (exact) mass is 294 g/mol. The van der Waals surface area contributed by atoms with Crippen molar-refractivity contribution in [2.75, 3.05) is 24.5 Å². The Kier molecular flexibility index (Phi) is 5.06. The number of rotatable bonds is 1. The number of halogens is 1. The Labute approximate surface area is 127 Å². The number of amides is 1. The zero-order chi connectivity index (χ0) is 13.2. The molecule has 20 heavy (non-hydrogen) atoms. The molecule has 0 bridgehead atoms. The summed E-state index contributed by atoms with van der Waals surface area (Å²) in [5, 5.41) is 3.34. The van der Waals surface area contributed by atoms with Crippen molar-refractivity contribution >= 4 is 24.0 Å². The lowest BCUT2D eigenvalue weighted by Gasteiger charge is -2.36. The lowest BCUT2D eigenvalue weighted by Crippen LogP contribution is -2.45. The maximum atomic E-state index is 12.7. The van der Waals surface area contributed by atoms with E-state index in [1.54, 1.807) is 0 Å². The van der Waals surface area contributed by atoms with Crippen molar-refractivity contribution in [2.24, 2.45) is 5.92 Å². The molecule has 2 aliphatic rings. The molecular weight excluding hydrogens is 272 g/mol. The first kappa shape index (κ1) is 15.3. The molecular formula is C16H23ClN2O. The molecule has 3 rings (SSSR count). The number of hydrogen-bond donors (Lipinski definition) is 1. The normalized spacial score (nSPS) is 25.6. The number of carbonyl (C=O) groups excluding carboxylic acids is 1. The highest BCUT2D eigenvalue weighted by molar-refractivity contribution is 5.96. The van der Waals surface area contributed by atoms with Gasteiger partial charge in [-0.15, -0.1) is 12.4 Å². The molecule has 1 N–H and O–H groups in total. The van der Waals surface area contributed by atoms with Crippen LogP contribution in [0.25, 0.3) is 0 Å². The van der Waals surface area contributed by atoms with Crippen LogP contribution in [0.3, 0.4) is 0 Å². The van der Waals surface area contributed by atoms with Crippen LogP contribution in [0.15, 0.2) is 24.3 Å². The van der Waals surface area contributed by atoms with E-state index in [2.05, 4.69) is 30.4 Å². The molecule has 0 aromatic heterocycles. The molecule has 110 valence electrons. The van der Waals surface area contributed by atoms with Crippen molar-refractivity contribution in [3.05, 3.63) is 29.8 Å². The van der Waals surface area contributed by atoms with Gasteiger partial charge in [-0.2, -0.15) is 0 Å². The Bertz CT molecular complexity index is 471. The predicted octanol–water partition coefficient (Wildman–Crippen LogP) is 2.95. The molecule has 2 unspecified atom stereocenters. The van der Waals surface area contributed by atoms with Crippen molar-refractivity contribution < 1.29 is 4.79 Å². The Hall–Kier alpha value is -1.06. The summed E-state index contributed by atoms with van der Waals surface area (Å²) in [5.74, 6) is 1.03. The summed E-state index contributed by atoms with van der Waals surface area (Å²) in [6.45, 7) is 5.01. The van der Waals surface area contributed by atoms with E-state index in [9.17, 15) is 4.79 Å². The number of nitrogens with one attached hydrogen (secondary N) is 1. The fourth-order valence-corrected chi connectivity index (χ4v) is 3.26. The van der Waals surface area contributed by atoms with Gasteiger partial charge in [0.25, 0.3) is 0 Å². The topological polar surface area (TPSA) is 32.3 Å². The van der Waals surface area contributed by atoms with E-state index in [4.69, 9.17) is 0 Å². The second-order valence-electron chi connectivity index (χ2n) is 5.78. The molecule has 2 heterocycles. The van der Waals surface area contributed by atoms with Crippen LogP contribution in [0.1, 0.15) is 37.7 Å². The van der Waals surface area contributed by atoms with Crippen LogP contribution in [-0.4, -0.2) is 25.5 Å². The molecule has 1 amide bonds. The van der Waals surface area contributed by atoms with Gasteiger partial charge in [-0.1, -0.05) is 25.1 Å². The van der Waals surface area contributed by atoms with E-state index >= 15 is 0 Å². The van der Waals surface area contributed by atoms with Gasteiger partial charge in [-0.25, -0.2) is 0 Å². The van der Waals surface area contributed by atoms with Crippen molar-refractivity contribution in [1.29, 1.82) is 0 Å². The summed E-state index contributed by atoms with van der Waals surface area (Å²) in [6, 6.07) is 8.37. The highest BCUT2D eigenvalue weighted by Crippen LogP contribution is 2.35. The summed E-state index contributed by atoms with van der Waals surface area (Å²) in [7, 11) is 0. The number of nitrogens with zero attached hydrogens (tertiary/aromatic N) is 1.